The summed E-state index contributed by atoms with van der Waals surface area (Å²) < 4.78 is 15.0. The van der Waals surface area contributed by atoms with Gasteiger partial charge in [-0.15, -0.1) is 0 Å². The Labute approximate surface area is 198 Å². The van der Waals surface area contributed by atoms with Gasteiger partial charge in [0.25, 0.3) is 0 Å². The zero-order valence-electron chi connectivity index (χ0n) is 18.3. The summed E-state index contributed by atoms with van der Waals surface area (Å²) in [6.07, 6.45) is 6.19. The molecule has 3 aromatic rings. The molecule has 0 heterocycles. The smallest absolute Gasteiger partial charge is 0.419 e. The molecular formula is C25H29ClNO5P. The van der Waals surface area contributed by atoms with Gasteiger partial charge in [-0.3, -0.25) is 0 Å². The number of hydrogen-bond donors (Lipinski definition) is 3. The zero-order chi connectivity index (χ0) is 23.7. The van der Waals surface area contributed by atoms with E-state index in [1.807, 2.05) is 42.5 Å². The quantitative estimate of drug-likeness (QED) is 0.288. The number of fused-ring (bicyclic) bond motifs is 1. The largest absolute Gasteiger partial charge is 0.461 e. The number of rotatable bonds is 6. The van der Waals surface area contributed by atoms with Crippen molar-refractivity contribution in [3.05, 3.63) is 78.4 Å². The molecule has 1 atom stereocenters. The topological polar surface area (TPSA) is 95.9 Å². The molecule has 0 spiro atoms. The second-order valence-corrected chi connectivity index (χ2v) is 10.4. The molecule has 0 amide bonds. The van der Waals surface area contributed by atoms with Crippen LogP contribution in [0.15, 0.2) is 72.8 Å². The first-order valence-corrected chi connectivity index (χ1v) is 13.6. The normalized spacial score (nSPS) is 15.2. The number of carbonyl (C=O) groups is 1. The highest BCUT2D eigenvalue weighted by Gasteiger charge is 2.25. The lowest BCUT2D eigenvalue weighted by Gasteiger charge is -2.26. The minimum atomic E-state index is -4.17. The van der Waals surface area contributed by atoms with Crippen LogP contribution in [0.5, 0.6) is 0 Å². The molecule has 33 heavy (non-hydrogen) atoms. The Hall–Kier alpha value is -2.37. The summed E-state index contributed by atoms with van der Waals surface area (Å²) >= 11 is 4.20. The van der Waals surface area contributed by atoms with Crippen molar-refractivity contribution in [3.63, 3.8) is 0 Å². The van der Waals surface area contributed by atoms with Crippen LogP contribution in [-0.2, 0) is 20.5 Å². The molecule has 3 aromatic carbocycles. The van der Waals surface area contributed by atoms with Crippen molar-refractivity contribution >= 4 is 40.6 Å². The third kappa shape index (κ3) is 8.82. The van der Waals surface area contributed by atoms with Gasteiger partial charge in [0.15, 0.2) is 0 Å². The second kappa shape index (κ2) is 12.2. The lowest BCUT2D eigenvalue weighted by Crippen LogP contribution is -2.36. The number of benzene rings is 3. The van der Waals surface area contributed by atoms with Crippen molar-refractivity contribution in [2.24, 2.45) is 0 Å². The van der Waals surface area contributed by atoms with E-state index in [9.17, 15) is 4.79 Å². The Morgan fingerprint density at radius 2 is 1.58 bits per heavy atom. The van der Waals surface area contributed by atoms with E-state index in [-0.39, 0.29) is 12.1 Å². The fourth-order valence-corrected chi connectivity index (χ4v) is 4.01. The van der Waals surface area contributed by atoms with Crippen LogP contribution < -0.4 is 5.32 Å². The molecular weight excluding hydrogens is 461 g/mol. The van der Waals surface area contributed by atoms with Crippen molar-refractivity contribution in [1.82, 2.24) is 0 Å². The van der Waals surface area contributed by atoms with E-state index in [0.717, 1.165) is 47.7 Å². The lowest BCUT2D eigenvalue weighted by atomic mass is 9.97. The molecule has 8 heteroatoms. The maximum Gasteiger partial charge on any atom is 0.419 e. The second-order valence-electron chi connectivity index (χ2n) is 8.08. The van der Waals surface area contributed by atoms with Gasteiger partial charge in [-0.25, -0.2) is 9.36 Å². The summed E-state index contributed by atoms with van der Waals surface area (Å²) in [6.45, 7) is -4.17. The third-order valence-corrected chi connectivity index (χ3v) is 5.52. The van der Waals surface area contributed by atoms with Crippen LogP contribution in [0.4, 0.5) is 5.69 Å². The van der Waals surface area contributed by atoms with Crippen molar-refractivity contribution in [3.8, 4) is 0 Å². The highest BCUT2D eigenvalue weighted by atomic mass is 35.7. The van der Waals surface area contributed by atoms with Crippen LogP contribution in [-0.4, -0.2) is 27.9 Å². The number of anilines is 1. The molecule has 4 rings (SSSR count). The highest BCUT2D eigenvalue weighted by Crippen LogP contribution is 2.39. The predicted octanol–water partition coefficient (Wildman–Crippen LogP) is 6.06. The van der Waals surface area contributed by atoms with Gasteiger partial charge < -0.3 is 19.8 Å². The number of ether oxygens (including phenoxy) is 1. The molecule has 1 saturated carbocycles. The molecule has 3 N–H and O–H groups in total. The van der Waals surface area contributed by atoms with Crippen LogP contribution in [0.1, 0.15) is 37.7 Å². The van der Waals surface area contributed by atoms with E-state index in [1.54, 1.807) is 0 Å². The summed E-state index contributed by atoms with van der Waals surface area (Å²) in [6, 6.07) is 24.1. The molecule has 1 aliphatic rings. The van der Waals surface area contributed by atoms with Gasteiger partial charge in [0, 0.05) is 28.7 Å². The van der Waals surface area contributed by atoms with Gasteiger partial charge in [-0.1, -0.05) is 73.2 Å². The van der Waals surface area contributed by atoms with E-state index in [0.29, 0.717) is 6.42 Å². The molecule has 1 aliphatic carbocycles. The van der Waals surface area contributed by atoms with Gasteiger partial charge in [-0.05, 0) is 42.7 Å². The van der Waals surface area contributed by atoms with Crippen LogP contribution in [0.25, 0.3) is 10.8 Å². The average molecular weight is 490 g/mol. The molecule has 0 saturated heterocycles. The highest BCUT2D eigenvalue weighted by molar-refractivity contribution is 7.79. The summed E-state index contributed by atoms with van der Waals surface area (Å²) in [5.74, 6) is -0.149. The van der Waals surface area contributed by atoms with Gasteiger partial charge in [0.2, 0.25) is 0 Å². The first-order chi connectivity index (χ1) is 15.8. The van der Waals surface area contributed by atoms with Gasteiger partial charge in [0.1, 0.15) is 12.1 Å². The van der Waals surface area contributed by atoms with Crippen LogP contribution in [0.3, 0.4) is 0 Å². The summed E-state index contributed by atoms with van der Waals surface area (Å²) in [7, 11) is 0. The van der Waals surface area contributed by atoms with Crippen molar-refractivity contribution in [1.29, 1.82) is 0 Å². The number of halogens is 1. The molecule has 1 unspecified atom stereocenters. The molecule has 0 radical (unpaired) electrons. The van der Waals surface area contributed by atoms with E-state index in [1.165, 1.54) is 6.42 Å². The van der Waals surface area contributed by atoms with E-state index < -0.39 is 13.0 Å². The Balaban J connectivity index is 0.000000555. The molecule has 0 aromatic heterocycles. The third-order valence-electron chi connectivity index (χ3n) is 5.52. The van der Waals surface area contributed by atoms with E-state index in [4.69, 9.17) is 19.1 Å². The SMILES string of the molecule is O=C(OC1CCCCC1)C(Cc1ccccc1)Nc1cccc2ccccc12.O=P(O)(O)Cl. The van der Waals surface area contributed by atoms with E-state index in [2.05, 4.69) is 46.9 Å². The van der Waals surface area contributed by atoms with Crippen molar-refractivity contribution in [2.45, 2.75) is 50.7 Å². The molecule has 1 fully saturated rings. The fraction of sp³-hybridized carbons (Fsp3) is 0.320. The van der Waals surface area contributed by atoms with Crippen LogP contribution in [0, 0.1) is 0 Å². The standard InChI is InChI=1S/C25H27NO2.ClH2O3P/c27-25(28-21-14-5-2-6-15-21)24(18-19-10-3-1-4-11-19)26-23-17-9-13-20-12-7-8-16-22(20)23;1-5(2,3)4/h1,3-4,7-13,16-17,21,24,26H,2,5-6,14-15,18H2;(H2,2,3,4). The first kappa shape index (κ1) is 25.3. The van der Waals surface area contributed by atoms with E-state index >= 15 is 0 Å². The number of nitrogens with one attached hydrogen (secondary N) is 1. The van der Waals surface area contributed by atoms with Gasteiger partial charge in [0.05, 0.1) is 0 Å². The predicted molar refractivity (Wildman–Crippen MR) is 132 cm³/mol. The molecule has 0 bridgehead atoms. The minimum Gasteiger partial charge on any atom is -0.461 e. The maximum absolute atomic E-state index is 13.1. The van der Waals surface area contributed by atoms with Crippen LogP contribution in [0.2, 0.25) is 0 Å². The summed E-state index contributed by atoms with van der Waals surface area (Å²) in [5, 5.41) is 5.76. The lowest BCUT2D eigenvalue weighted by molar-refractivity contribution is -0.151. The molecule has 6 nitrogen and oxygen atoms in total. The maximum atomic E-state index is 13.1. The van der Waals surface area contributed by atoms with Crippen molar-refractivity contribution in [2.75, 3.05) is 5.32 Å². The Morgan fingerprint density at radius 3 is 2.27 bits per heavy atom. The number of hydrogen-bond acceptors (Lipinski definition) is 4. The zero-order valence-corrected chi connectivity index (χ0v) is 19.9. The number of carbonyl (C=O) groups excluding carboxylic acids is 1. The Kier molecular flexibility index (Phi) is 9.33. The summed E-state index contributed by atoms with van der Waals surface area (Å²) in [5.41, 5.74) is 2.10. The Morgan fingerprint density at radius 1 is 0.970 bits per heavy atom. The van der Waals surface area contributed by atoms with Gasteiger partial charge >= 0.3 is 12.9 Å². The average Bonchev–Trinajstić information content (AvgIpc) is 2.79. The van der Waals surface area contributed by atoms with Crippen LogP contribution >= 0.6 is 18.2 Å². The number of esters is 1. The molecule has 176 valence electrons. The first-order valence-electron chi connectivity index (χ1n) is 11.0. The fourth-order valence-electron chi connectivity index (χ4n) is 4.01. The minimum absolute atomic E-state index is 0.0637. The van der Waals surface area contributed by atoms with Gasteiger partial charge in [-0.2, -0.15) is 0 Å². The monoisotopic (exact) mass is 489 g/mol. The Bertz CT molecular complexity index is 1070. The molecule has 0 aliphatic heterocycles. The van der Waals surface area contributed by atoms with Crippen molar-refractivity contribution < 1.29 is 23.9 Å². The summed E-state index contributed by atoms with van der Waals surface area (Å²) in [4.78, 5) is 27.9.